The van der Waals surface area contributed by atoms with Crippen molar-refractivity contribution in [3.05, 3.63) is 97.2 Å². The highest BCUT2D eigenvalue weighted by Crippen LogP contribution is 2.43. The number of phosphoric ester groups is 1. The van der Waals surface area contributed by atoms with E-state index < -0.39 is 32.5 Å². The number of carbonyl (C=O) groups is 2. The molecule has 0 aliphatic rings. The van der Waals surface area contributed by atoms with Crippen molar-refractivity contribution >= 4 is 19.8 Å². The quantitative estimate of drug-likeness (QED) is 0.0359. The molecule has 0 spiro atoms. The molecule has 0 heterocycles. The number of nitrogens with two attached hydrogens (primary N) is 1. The molecule has 2 atom stereocenters. The molecule has 0 aliphatic carbocycles. The van der Waals surface area contributed by atoms with Crippen LogP contribution in [0.15, 0.2) is 97.2 Å². The molecule has 9 nitrogen and oxygen atoms in total. The summed E-state index contributed by atoms with van der Waals surface area (Å²) in [6.45, 7) is 3.18. The molecule has 0 radical (unpaired) electrons. The van der Waals surface area contributed by atoms with Gasteiger partial charge in [-0.1, -0.05) is 111 Å². The molecule has 0 aromatic heterocycles. The highest BCUT2D eigenvalue weighted by molar-refractivity contribution is 7.47. The Hall–Kier alpha value is -3.07. The summed E-state index contributed by atoms with van der Waals surface area (Å²) in [6, 6.07) is 0. The molecular weight excluding hydrogens is 569 g/mol. The predicted molar refractivity (Wildman–Crippen MR) is 173 cm³/mol. The smallest absolute Gasteiger partial charge is 0.461 e. The number of esters is 2. The summed E-state index contributed by atoms with van der Waals surface area (Å²) in [7, 11) is -4.40. The zero-order valence-corrected chi connectivity index (χ0v) is 26.5. The van der Waals surface area contributed by atoms with Gasteiger partial charge in [0.15, 0.2) is 6.10 Å². The van der Waals surface area contributed by atoms with Crippen molar-refractivity contribution in [1.82, 2.24) is 0 Å². The van der Waals surface area contributed by atoms with Gasteiger partial charge in [-0.2, -0.15) is 0 Å². The van der Waals surface area contributed by atoms with E-state index in [9.17, 15) is 19.0 Å². The van der Waals surface area contributed by atoms with Crippen molar-refractivity contribution in [3.8, 4) is 0 Å². The number of carbonyl (C=O) groups excluding carboxylic acids is 2. The molecule has 0 bridgehead atoms. The number of unbranched alkanes of at least 4 members (excludes halogenated alkanes) is 1. The van der Waals surface area contributed by atoms with E-state index in [1.54, 1.807) is 6.08 Å². The Bertz CT molecular complexity index is 1020. The number of hydrogen-bond donors (Lipinski definition) is 2. The fraction of sp³-hybridized carbons (Fsp3) is 0.455. The van der Waals surface area contributed by atoms with Gasteiger partial charge in [-0.05, 0) is 38.5 Å². The van der Waals surface area contributed by atoms with Crippen LogP contribution in [0.25, 0.3) is 0 Å². The molecule has 0 rings (SSSR count). The van der Waals surface area contributed by atoms with Crippen LogP contribution in [-0.2, 0) is 32.7 Å². The number of rotatable bonds is 25. The number of phosphoric acid groups is 1. The van der Waals surface area contributed by atoms with Crippen LogP contribution < -0.4 is 5.73 Å². The largest absolute Gasteiger partial charge is 0.472 e. The van der Waals surface area contributed by atoms with Crippen LogP contribution in [0, 0.1) is 0 Å². The van der Waals surface area contributed by atoms with Gasteiger partial charge in [0.1, 0.15) is 6.61 Å². The van der Waals surface area contributed by atoms with Crippen LogP contribution in [0.2, 0.25) is 0 Å². The Balaban J connectivity index is 4.65. The normalized spacial score (nSPS) is 15.0. The van der Waals surface area contributed by atoms with Crippen molar-refractivity contribution in [2.45, 2.75) is 71.3 Å². The summed E-state index contributed by atoms with van der Waals surface area (Å²) in [5.74, 6) is -1.08. The number of ether oxygens (including phenoxy) is 2. The maximum Gasteiger partial charge on any atom is 0.472 e. The van der Waals surface area contributed by atoms with Crippen LogP contribution in [0.4, 0.5) is 0 Å². The van der Waals surface area contributed by atoms with E-state index in [1.165, 1.54) is 0 Å². The summed E-state index contributed by atoms with van der Waals surface area (Å²) in [5.41, 5.74) is 5.29. The molecule has 10 heteroatoms. The van der Waals surface area contributed by atoms with Crippen LogP contribution in [-0.4, -0.2) is 49.3 Å². The Morgan fingerprint density at radius 2 is 1.33 bits per heavy atom. The average Bonchev–Trinajstić information content (AvgIpc) is 2.99. The second kappa shape index (κ2) is 29.0. The van der Waals surface area contributed by atoms with Gasteiger partial charge >= 0.3 is 19.8 Å². The van der Waals surface area contributed by atoms with Crippen molar-refractivity contribution in [3.63, 3.8) is 0 Å². The van der Waals surface area contributed by atoms with Crippen LogP contribution in [0.5, 0.6) is 0 Å². The first-order chi connectivity index (χ1) is 20.8. The molecule has 3 N–H and O–H groups in total. The fourth-order valence-electron chi connectivity index (χ4n) is 3.02. The lowest BCUT2D eigenvalue weighted by Gasteiger charge is -2.19. The molecule has 43 heavy (non-hydrogen) atoms. The summed E-state index contributed by atoms with van der Waals surface area (Å²) in [5, 5.41) is 0. The summed E-state index contributed by atoms with van der Waals surface area (Å²) < 4.78 is 32.2. The van der Waals surface area contributed by atoms with E-state index in [1.807, 2.05) is 72.9 Å². The maximum atomic E-state index is 12.4. The monoisotopic (exact) mass is 619 g/mol. The standard InChI is InChI=1S/C33H50NO8P/c1-3-5-7-9-11-13-14-15-16-18-20-22-24-26-33(36)42-31(30-41-43(37,38)40-28-27-34)29-39-32(35)25-23-21-19-17-12-10-8-6-4-2/h5-9,11-18,20-21,23,31H,3-4,10,19,22,24-30,34H2,1-2H3,(H,37,38)/b7-5+,8-6+,11-9+,14-13+,16-15+,17-12+,20-18+,23-21+. The highest BCUT2D eigenvalue weighted by atomic mass is 31.2. The van der Waals surface area contributed by atoms with Gasteiger partial charge in [0.25, 0.3) is 0 Å². The minimum atomic E-state index is -4.40. The van der Waals surface area contributed by atoms with Crippen molar-refractivity contribution in [2.75, 3.05) is 26.4 Å². The molecule has 0 saturated heterocycles. The highest BCUT2D eigenvalue weighted by Gasteiger charge is 2.25. The zero-order valence-electron chi connectivity index (χ0n) is 25.6. The Morgan fingerprint density at radius 1 is 0.744 bits per heavy atom. The van der Waals surface area contributed by atoms with E-state index in [4.69, 9.17) is 24.3 Å². The lowest BCUT2D eigenvalue weighted by molar-refractivity contribution is -0.160. The van der Waals surface area contributed by atoms with E-state index >= 15 is 0 Å². The molecule has 0 aromatic rings. The van der Waals surface area contributed by atoms with E-state index in [2.05, 4.69) is 32.1 Å². The Labute approximate surface area is 257 Å². The SMILES string of the molecule is CC/C=C/C=C/C=C/C=C/C=C/CCCC(=O)OC(COC(=O)C/C=C/C/C=C/C/C=C/CC)COP(=O)(O)OCCN. The van der Waals surface area contributed by atoms with E-state index in [0.29, 0.717) is 19.3 Å². The van der Waals surface area contributed by atoms with Gasteiger partial charge in [-0.15, -0.1) is 0 Å². The van der Waals surface area contributed by atoms with Gasteiger partial charge in [-0.3, -0.25) is 18.6 Å². The summed E-state index contributed by atoms with van der Waals surface area (Å²) in [6.07, 6.45) is 35.1. The van der Waals surface area contributed by atoms with Gasteiger partial charge in [0, 0.05) is 13.0 Å². The van der Waals surface area contributed by atoms with Crippen molar-refractivity contribution in [2.24, 2.45) is 5.73 Å². The number of allylic oxidation sites excluding steroid dienone is 15. The first kappa shape index (κ1) is 39.9. The molecule has 0 amide bonds. The summed E-state index contributed by atoms with van der Waals surface area (Å²) >= 11 is 0. The average molecular weight is 620 g/mol. The fourth-order valence-corrected chi connectivity index (χ4v) is 3.78. The first-order valence-corrected chi connectivity index (χ1v) is 16.3. The maximum absolute atomic E-state index is 12.4. The lowest BCUT2D eigenvalue weighted by Crippen LogP contribution is -2.29. The molecule has 0 saturated carbocycles. The third-order valence-corrected chi connectivity index (χ3v) is 6.11. The Kier molecular flexibility index (Phi) is 26.9. The van der Waals surface area contributed by atoms with Crippen LogP contribution in [0.3, 0.4) is 0 Å². The van der Waals surface area contributed by atoms with E-state index in [0.717, 1.165) is 19.3 Å². The van der Waals surface area contributed by atoms with Gasteiger partial charge in [0.05, 0.1) is 19.6 Å². The number of hydrogen-bond acceptors (Lipinski definition) is 8. The predicted octanol–water partition coefficient (Wildman–Crippen LogP) is 7.14. The minimum absolute atomic E-state index is 0.0262. The van der Waals surface area contributed by atoms with E-state index in [-0.39, 0.29) is 32.6 Å². The molecule has 2 unspecified atom stereocenters. The molecular formula is C33H50NO8P. The van der Waals surface area contributed by atoms with Gasteiger partial charge in [0.2, 0.25) is 0 Å². The topological polar surface area (TPSA) is 134 Å². The van der Waals surface area contributed by atoms with Crippen molar-refractivity contribution in [1.29, 1.82) is 0 Å². The van der Waals surface area contributed by atoms with Gasteiger partial charge < -0.3 is 20.1 Å². The first-order valence-electron chi connectivity index (χ1n) is 14.8. The second-order valence-electron chi connectivity index (χ2n) is 8.99. The molecule has 0 fully saturated rings. The summed E-state index contributed by atoms with van der Waals surface area (Å²) in [4.78, 5) is 34.3. The molecule has 0 aliphatic heterocycles. The molecule has 240 valence electrons. The second-order valence-corrected chi connectivity index (χ2v) is 10.4. The third kappa shape index (κ3) is 28.8. The zero-order chi connectivity index (χ0) is 31.9. The third-order valence-electron chi connectivity index (χ3n) is 5.13. The lowest BCUT2D eigenvalue weighted by atomic mass is 10.2. The molecule has 0 aromatic carbocycles. The van der Waals surface area contributed by atoms with Crippen molar-refractivity contribution < 1.29 is 37.6 Å². The minimum Gasteiger partial charge on any atom is -0.461 e. The Morgan fingerprint density at radius 3 is 1.95 bits per heavy atom. The van der Waals surface area contributed by atoms with Gasteiger partial charge in [-0.25, -0.2) is 4.57 Å². The van der Waals surface area contributed by atoms with Crippen LogP contribution >= 0.6 is 7.82 Å². The van der Waals surface area contributed by atoms with Crippen LogP contribution in [0.1, 0.15) is 65.2 Å².